The van der Waals surface area contributed by atoms with E-state index in [1.165, 1.54) is 0 Å². The van der Waals surface area contributed by atoms with Crippen molar-refractivity contribution < 1.29 is 14.3 Å². The Labute approximate surface area is 167 Å². The molecule has 8 heteroatoms. The van der Waals surface area contributed by atoms with E-state index in [2.05, 4.69) is 20.9 Å². The molecule has 0 bridgehead atoms. The van der Waals surface area contributed by atoms with Gasteiger partial charge in [-0.15, -0.1) is 24.0 Å². The number of ether oxygens (including phenoxy) is 2. The number of guanidine groups is 1. The van der Waals surface area contributed by atoms with E-state index in [1.54, 1.807) is 31.4 Å². The average Bonchev–Trinajstić information content (AvgIpc) is 2.62. The molecule has 0 atom stereocenters. The molecular weight excluding hydrogens is 435 g/mol. The minimum absolute atomic E-state index is 0. The lowest BCUT2D eigenvalue weighted by atomic mass is 10.2. The van der Waals surface area contributed by atoms with Crippen LogP contribution < -0.4 is 20.7 Å². The third-order valence-electron chi connectivity index (χ3n) is 3.09. The van der Waals surface area contributed by atoms with Gasteiger partial charge >= 0.3 is 0 Å². The smallest absolute Gasteiger partial charge is 0.251 e. The Morgan fingerprint density at radius 1 is 1.16 bits per heavy atom. The van der Waals surface area contributed by atoms with Crippen LogP contribution in [-0.2, 0) is 4.74 Å². The molecule has 25 heavy (non-hydrogen) atoms. The number of halogens is 1. The van der Waals surface area contributed by atoms with Gasteiger partial charge in [0.15, 0.2) is 5.96 Å². The molecule has 1 aromatic rings. The second kappa shape index (κ2) is 14.8. The number of rotatable bonds is 10. The van der Waals surface area contributed by atoms with E-state index in [0.29, 0.717) is 50.1 Å². The SMILES string of the molecule is CCNC(=NCCOCC)NCCNC(=O)c1cccc(OC)c1.I. The molecule has 0 saturated heterocycles. The normalized spacial score (nSPS) is 10.6. The summed E-state index contributed by atoms with van der Waals surface area (Å²) in [5, 5.41) is 9.18. The lowest BCUT2D eigenvalue weighted by Crippen LogP contribution is -2.41. The topological polar surface area (TPSA) is 84.0 Å². The third-order valence-corrected chi connectivity index (χ3v) is 3.09. The molecule has 1 amide bonds. The van der Waals surface area contributed by atoms with E-state index in [0.717, 1.165) is 6.54 Å². The van der Waals surface area contributed by atoms with E-state index in [-0.39, 0.29) is 29.9 Å². The van der Waals surface area contributed by atoms with Crippen LogP contribution >= 0.6 is 24.0 Å². The highest BCUT2D eigenvalue weighted by molar-refractivity contribution is 14.0. The third kappa shape index (κ3) is 10.1. The predicted molar refractivity (Wildman–Crippen MR) is 111 cm³/mol. The van der Waals surface area contributed by atoms with E-state index in [9.17, 15) is 4.79 Å². The summed E-state index contributed by atoms with van der Waals surface area (Å²) < 4.78 is 10.4. The van der Waals surface area contributed by atoms with Crippen molar-refractivity contribution >= 4 is 35.8 Å². The molecule has 0 spiro atoms. The summed E-state index contributed by atoms with van der Waals surface area (Å²) in [5.74, 6) is 1.25. The molecule has 0 unspecified atom stereocenters. The summed E-state index contributed by atoms with van der Waals surface area (Å²) in [6.45, 7) is 7.69. The van der Waals surface area contributed by atoms with Gasteiger partial charge in [0.2, 0.25) is 0 Å². The maximum atomic E-state index is 12.1. The molecule has 1 aromatic carbocycles. The largest absolute Gasteiger partial charge is 0.497 e. The molecule has 1 rings (SSSR count). The summed E-state index contributed by atoms with van der Waals surface area (Å²) in [5.41, 5.74) is 0.576. The van der Waals surface area contributed by atoms with Gasteiger partial charge in [0, 0.05) is 31.8 Å². The van der Waals surface area contributed by atoms with Crippen molar-refractivity contribution in [3.63, 3.8) is 0 Å². The maximum absolute atomic E-state index is 12.1. The molecule has 0 heterocycles. The average molecular weight is 464 g/mol. The summed E-state index contributed by atoms with van der Waals surface area (Å²) in [4.78, 5) is 16.5. The Morgan fingerprint density at radius 3 is 2.60 bits per heavy atom. The molecule has 0 saturated carbocycles. The van der Waals surface area contributed by atoms with E-state index < -0.39 is 0 Å². The molecular formula is C17H29IN4O3. The summed E-state index contributed by atoms with van der Waals surface area (Å²) in [6.07, 6.45) is 0. The number of hydrogen-bond donors (Lipinski definition) is 3. The van der Waals surface area contributed by atoms with Crippen molar-refractivity contribution in [3.05, 3.63) is 29.8 Å². The molecule has 0 aromatic heterocycles. The van der Waals surface area contributed by atoms with E-state index in [1.807, 2.05) is 13.8 Å². The molecule has 0 radical (unpaired) electrons. The van der Waals surface area contributed by atoms with Gasteiger partial charge in [-0.05, 0) is 32.0 Å². The van der Waals surface area contributed by atoms with Crippen molar-refractivity contribution in [2.75, 3.05) is 46.5 Å². The van der Waals surface area contributed by atoms with Gasteiger partial charge in [0.25, 0.3) is 5.91 Å². The zero-order valence-electron chi connectivity index (χ0n) is 15.1. The number of carbonyl (C=O) groups is 1. The monoisotopic (exact) mass is 464 g/mol. The van der Waals surface area contributed by atoms with Gasteiger partial charge in [-0.2, -0.15) is 0 Å². The highest BCUT2D eigenvalue weighted by Gasteiger charge is 2.05. The van der Waals surface area contributed by atoms with Crippen molar-refractivity contribution in [1.82, 2.24) is 16.0 Å². The zero-order valence-corrected chi connectivity index (χ0v) is 17.5. The van der Waals surface area contributed by atoms with Crippen molar-refractivity contribution in [2.24, 2.45) is 4.99 Å². The van der Waals surface area contributed by atoms with Crippen LogP contribution in [0.4, 0.5) is 0 Å². The van der Waals surface area contributed by atoms with Gasteiger partial charge in [-0.3, -0.25) is 9.79 Å². The number of carbonyl (C=O) groups excluding carboxylic acids is 1. The number of nitrogens with zero attached hydrogens (tertiary/aromatic N) is 1. The number of aliphatic imine (C=N–C) groups is 1. The Morgan fingerprint density at radius 2 is 1.92 bits per heavy atom. The van der Waals surface area contributed by atoms with Crippen LogP contribution in [0.15, 0.2) is 29.3 Å². The van der Waals surface area contributed by atoms with Crippen molar-refractivity contribution in [3.8, 4) is 5.75 Å². The second-order valence-electron chi connectivity index (χ2n) is 4.87. The number of methoxy groups -OCH3 is 1. The first-order valence-corrected chi connectivity index (χ1v) is 8.23. The fourth-order valence-corrected chi connectivity index (χ4v) is 1.93. The van der Waals surface area contributed by atoms with Crippen molar-refractivity contribution in [1.29, 1.82) is 0 Å². The number of amides is 1. The van der Waals surface area contributed by atoms with Crippen LogP contribution in [0, 0.1) is 0 Å². The lowest BCUT2D eigenvalue weighted by molar-refractivity contribution is 0.0954. The van der Waals surface area contributed by atoms with Crippen LogP contribution in [0.1, 0.15) is 24.2 Å². The molecule has 7 nitrogen and oxygen atoms in total. The van der Waals surface area contributed by atoms with Crippen molar-refractivity contribution in [2.45, 2.75) is 13.8 Å². The standard InChI is InChI=1S/C17H28N4O3.HI/c1-4-18-17(21-11-12-24-5-2)20-10-9-19-16(22)14-7-6-8-15(13-14)23-3;/h6-8,13H,4-5,9-12H2,1-3H3,(H,19,22)(H2,18,20,21);1H. The van der Waals surface area contributed by atoms with E-state index in [4.69, 9.17) is 9.47 Å². The maximum Gasteiger partial charge on any atom is 0.251 e. The summed E-state index contributed by atoms with van der Waals surface area (Å²) >= 11 is 0. The molecule has 0 aliphatic carbocycles. The Balaban J connectivity index is 0.00000576. The van der Waals surface area contributed by atoms with Gasteiger partial charge in [-0.1, -0.05) is 6.07 Å². The van der Waals surface area contributed by atoms with Crippen LogP contribution in [-0.4, -0.2) is 58.4 Å². The molecule has 0 aliphatic heterocycles. The minimum Gasteiger partial charge on any atom is -0.497 e. The summed E-state index contributed by atoms with van der Waals surface area (Å²) in [6, 6.07) is 7.06. The first-order chi connectivity index (χ1) is 11.7. The van der Waals surface area contributed by atoms with Gasteiger partial charge < -0.3 is 25.4 Å². The Hall–Kier alpha value is -1.55. The first kappa shape index (κ1) is 23.4. The molecule has 0 fully saturated rings. The Bertz CT molecular complexity index is 526. The molecule has 0 aliphatic rings. The van der Waals surface area contributed by atoms with Gasteiger partial charge in [0.1, 0.15) is 5.75 Å². The fraction of sp³-hybridized carbons (Fsp3) is 0.529. The fourth-order valence-electron chi connectivity index (χ4n) is 1.93. The van der Waals surface area contributed by atoms with Crippen LogP contribution in [0.5, 0.6) is 5.75 Å². The molecule has 142 valence electrons. The quantitative estimate of drug-likeness (QED) is 0.212. The van der Waals surface area contributed by atoms with Crippen LogP contribution in [0.25, 0.3) is 0 Å². The number of hydrogen-bond acceptors (Lipinski definition) is 4. The lowest BCUT2D eigenvalue weighted by Gasteiger charge is -2.12. The first-order valence-electron chi connectivity index (χ1n) is 8.23. The molecule has 3 N–H and O–H groups in total. The predicted octanol–water partition coefficient (Wildman–Crippen LogP) is 1.63. The number of benzene rings is 1. The number of nitrogens with one attached hydrogen (secondary N) is 3. The summed E-state index contributed by atoms with van der Waals surface area (Å²) in [7, 11) is 1.58. The highest BCUT2D eigenvalue weighted by Crippen LogP contribution is 2.11. The van der Waals surface area contributed by atoms with Crippen LogP contribution in [0.3, 0.4) is 0 Å². The highest BCUT2D eigenvalue weighted by atomic mass is 127. The minimum atomic E-state index is -0.131. The Kier molecular flexibility index (Phi) is 13.8. The van der Waals surface area contributed by atoms with E-state index >= 15 is 0 Å². The van der Waals surface area contributed by atoms with Crippen LogP contribution in [0.2, 0.25) is 0 Å². The second-order valence-corrected chi connectivity index (χ2v) is 4.87. The van der Waals surface area contributed by atoms with Gasteiger partial charge in [-0.25, -0.2) is 0 Å². The zero-order chi connectivity index (χ0) is 17.6. The van der Waals surface area contributed by atoms with Gasteiger partial charge in [0.05, 0.1) is 20.3 Å².